The topological polar surface area (TPSA) is 44.8 Å². The van der Waals surface area contributed by atoms with Gasteiger partial charge in [0.05, 0.1) is 0 Å². The van der Waals surface area contributed by atoms with Gasteiger partial charge in [-0.3, -0.25) is 4.57 Å². The summed E-state index contributed by atoms with van der Waals surface area (Å²) in [5, 5.41) is 0. The lowest BCUT2D eigenvalue weighted by Crippen LogP contribution is -2.34. The molecular weight excluding hydrogens is 155 g/mol. The van der Waals surface area contributed by atoms with Gasteiger partial charge in [-0.15, -0.1) is 0 Å². The Bertz CT molecular complexity index is 102. The van der Waals surface area contributed by atoms with Gasteiger partial charge in [0, 0.05) is 14.2 Å². The van der Waals surface area contributed by atoms with Gasteiger partial charge < -0.3 is 14.0 Å². The van der Waals surface area contributed by atoms with Gasteiger partial charge >= 0.3 is 0 Å². The lowest BCUT2D eigenvalue weighted by atomic mass is 10.3. The molecule has 0 saturated carbocycles. The summed E-state index contributed by atoms with van der Waals surface area (Å²) in [6.45, 7) is 1.90. The van der Waals surface area contributed by atoms with E-state index in [0.29, 0.717) is 0 Å². The van der Waals surface area contributed by atoms with E-state index in [1.807, 2.05) is 0 Å². The second kappa shape index (κ2) is 4.85. The normalized spacial score (nSPS) is 13.1. The maximum atomic E-state index is 9.96. The summed E-state index contributed by atoms with van der Waals surface area (Å²) in [5.74, 6) is -0.766. The van der Waals surface area contributed by atoms with Crippen molar-refractivity contribution in [3.8, 4) is 0 Å². The van der Waals surface area contributed by atoms with Crippen LogP contribution in [-0.4, -0.2) is 26.6 Å². The van der Waals surface area contributed by atoms with Gasteiger partial charge in [-0.1, -0.05) is 0 Å². The highest BCUT2D eigenvalue weighted by Gasteiger charge is 2.22. The van der Waals surface area contributed by atoms with Crippen LogP contribution in [0.25, 0.3) is 0 Å². The molecule has 0 aromatic carbocycles. The van der Waals surface area contributed by atoms with Crippen LogP contribution < -0.4 is 0 Å². The third-order valence-corrected chi connectivity index (χ3v) is 1.58. The minimum atomic E-state index is -1.18. The summed E-state index contributed by atoms with van der Waals surface area (Å²) in [7, 11) is 1.83. The molecule has 0 aromatic heterocycles. The zero-order valence-corrected chi connectivity index (χ0v) is 7.57. The van der Waals surface area contributed by atoms with E-state index < -0.39 is 14.5 Å². The number of methoxy groups -OCH3 is 2. The molecular formula is C5H13O4P. The summed E-state index contributed by atoms with van der Waals surface area (Å²) >= 11 is 0. The van der Waals surface area contributed by atoms with Gasteiger partial charge in [0.1, 0.15) is 6.61 Å². The fraction of sp³-hybridized carbons (Fsp3) is 1.00. The Morgan fingerprint density at radius 3 is 2.20 bits per heavy atom. The van der Waals surface area contributed by atoms with Crippen LogP contribution >= 0.6 is 8.69 Å². The molecule has 0 N–H and O–H groups in total. The molecule has 0 fully saturated rings. The molecule has 5 heteroatoms. The van der Waals surface area contributed by atoms with E-state index in [1.54, 1.807) is 6.92 Å². The van der Waals surface area contributed by atoms with Crippen molar-refractivity contribution in [2.45, 2.75) is 12.7 Å². The van der Waals surface area contributed by atoms with Gasteiger partial charge in [0.2, 0.25) is 0 Å². The molecule has 0 spiro atoms. The number of hydrogen-bond donors (Lipinski definition) is 0. The molecule has 1 unspecified atom stereocenters. The third kappa shape index (κ3) is 3.32. The molecule has 0 heterocycles. The minimum absolute atomic E-state index is 0.193. The number of rotatable bonds is 5. The largest absolute Gasteiger partial charge is 0.351 e. The maximum Gasteiger partial charge on any atom is 0.188 e. The van der Waals surface area contributed by atoms with Gasteiger partial charge in [-0.25, -0.2) is 0 Å². The molecule has 0 bridgehead atoms. The predicted molar refractivity (Wildman–Crippen MR) is 38.8 cm³/mol. The average molecular weight is 168 g/mol. The van der Waals surface area contributed by atoms with Crippen LogP contribution in [0.4, 0.5) is 0 Å². The SMILES string of the molecule is COC(C)(CO[PH2]=O)OC. The van der Waals surface area contributed by atoms with Gasteiger partial charge in [-0.05, 0) is 6.92 Å². The second-order valence-corrected chi connectivity index (χ2v) is 2.48. The highest BCUT2D eigenvalue weighted by atomic mass is 31.1. The molecule has 4 nitrogen and oxygen atoms in total. The Hall–Kier alpha value is 0.110. The van der Waals surface area contributed by atoms with Crippen molar-refractivity contribution < 1.29 is 18.6 Å². The first-order valence-electron chi connectivity index (χ1n) is 2.84. The van der Waals surface area contributed by atoms with E-state index >= 15 is 0 Å². The summed E-state index contributed by atoms with van der Waals surface area (Å²) in [4.78, 5) is 0. The molecule has 62 valence electrons. The summed E-state index contributed by atoms with van der Waals surface area (Å²) in [6.07, 6.45) is 0. The summed E-state index contributed by atoms with van der Waals surface area (Å²) < 4.78 is 24.4. The van der Waals surface area contributed by atoms with E-state index in [9.17, 15) is 4.57 Å². The molecule has 0 saturated heterocycles. The van der Waals surface area contributed by atoms with Crippen molar-refractivity contribution in [3.05, 3.63) is 0 Å². The van der Waals surface area contributed by atoms with Crippen molar-refractivity contribution in [1.82, 2.24) is 0 Å². The quantitative estimate of drug-likeness (QED) is 0.447. The van der Waals surface area contributed by atoms with Crippen molar-refractivity contribution in [1.29, 1.82) is 0 Å². The molecule has 0 aliphatic carbocycles. The first-order chi connectivity index (χ1) is 4.68. The van der Waals surface area contributed by atoms with Crippen molar-refractivity contribution in [2.24, 2.45) is 0 Å². The Balaban J connectivity index is 3.68. The first-order valence-corrected chi connectivity index (χ1v) is 3.78. The van der Waals surface area contributed by atoms with Crippen LogP contribution in [0.15, 0.2) is 0 Å². The molecule has 10 heavy (non-hydrogen) atoms. The molecule has 0 aromatic rings. The van der Waals surface area contributed by atoms with Gasteiger partial charge in [0.25, 0.3) is 0 Å². The highest BCUT2D eigenvalue weighted by molar-refractivity contribution is 7.17. The molecule has 0 radical (unpaired) electrons. The van der Waals surface area contributed by atoms with E-state index in [4.69, 9.17) is 9.47 Å². The molecule has 1 atom stereocenters. The van der Waals surface area contributed by atoms with Crippen LogP contribution in [-0.2, 0) is 18.6 Å². The molecule has 0 aliphatic rings. The van der Waals surface area contributed by atoms with Crippen molar-refractivity contribution >= 4 is 8.69 Å². The Labute approximate surface area is 61.7 Å². The van der Waals surface area contributed by atoms with Crippen LogP contribution in [0.5, 0.6) is 0 Å². The lowest BCUT2D eigenvalue weighted by Gasteiger charge is -2.24. The smallest absolute Gasteiger partial charge is 0.188 e. The van der Waals surface area contributed by atoms with E-state index in [0.717, 1.165) is 0 Å². The Kier molecular flexibility index (Phi) is 4.91. The fourth-order valence-corrected chi connectivity index (χ4v) is 0.757. The van der Waals surface area contributed by atoms with Crippen LogP contribution in [0.1, 0.15) is 6.92 Å². The fourth-order valence-electron chi connectivity index (χ4n) is 0.387. The van der Waals surface area contributed by atoms with E-state index in [-0.39, 0.29) is 6.61 Å². The number of ether oxygens (including phenoxy) is 2. The first kappa shape index (κ1) is 10.1. The summed E-state index contributed by atoms with van der Waals surface area (Å²) in [5.41, 5.74) is 0. The monoisotopic (exact) mass is 168 g/mol. The van der Waals surface area contributed by atoms with Crippen LogP contribution in [0.3, 0.4) is 0 Å². The summed E-state index contributed by atoms with van der Waals surface area (Å²) in [6, 6.07) is 0. The minimum Gasteiger partial charge on any atom is -0.351 e. The van der Waals surface area contributed by atoms with Crippen LogP contribution in [0, 0.1) is 0 Å². The van der Waals surface area contributed by atoms with Gasteiger partial charge in [0.15, 0.2) is 14.5 Å². The van der Waals surface area contributed by atoms with Crippen molar-refractivity contribution in [2.75, 3.05) is 20.8 Å². The standard InChI is InChI=1S/C5H13O4P/c1-5(7-2,8-3)4-9-10-6/h4,10H2,1-3H3. The molecule has 0 amide bonds. The Morgan fingerprint density at radius 1 is 1.40 bits per heavy atom. The van der Waals surface area contributed by atoms with E-state index in [2.05, 4.69) is 4.52 Å². The number of hydrogen-bond acceptors (Lipinski definition) is 4. The average Bonchev–Trinajstić information content (AvgIpc) is 2.00. The maximum absolute atomic E-state index is 9.96. The molecule has 0 aliphatic heterocycles. The predicted octanol–water partition coefficient (Wildman–Crippen LogP) is 0.683. The second-order valence-electron chi connectivity index (χ2n) is 1.95. The van der Waals surface area contributed by atoms with Crippen molar-refractivity contribution in [3.63, 3.8) is 0 Å². The van der Waals surface area contributed by atoms with Crippen LogP contribution in [0.2, 0.25) is 0 Å². The zero-order chi connectivity index (χ0) is 8.04. The highest BCUT2D eigenvalue weighted by Crippen LogP contribution is 2.12. The van der Waals surface area contributed by atoms with E-state index in [1.165, 1.54) is 14.2 Å². The third-order valence-electron chi connectivity index (χ3n) is 1.28. The Morgan fingerprint density at radius 2 is 1.90 bits per heavy atom. The van der Waals surface area contributed by atoms with Gasteiger partial charge in [-0.2, -0.15) is 0 Å². The zero-order valence-electron chi connectivity index (χ0n) is 6.42. The molecule has 0 rings (SSSR count). The lowest BCUT2D eigenvalue weighted by molar-refractivity contribution is -0.208.